The topological polar surface area (TPSA) is 26.0 Å². The van der Waals surface area contributed by atoms with E-state index in [2.05, 4.69) is 0 Å². The van der Waals surface area contributed by atoms with Gasteiger partial charge < -0.3 is 5.73 Å². The molecule has 4 heteroatoms. The second-order valence-electron chi connectivity index (χ2n) is 3.85. The van der Waals surface area contributed by atoms with E-state index < -0.39 is 12.0 Å². The Morgan fingerprint density at radius 1 is 1.47 bits per heavy atom. The third-order valence-corrected chi connectivity index (χ3v) is 2.75. The maximum Gasteiger partial charge on any atom is 0.260 e. The fourth-order valence-electron chi connectivity index (χ4n) is 1.27. The molecule has 0 heterocycles. The van der Waals surface area contributed by atoms with Crippen LogP contribution in [0, 0.1) is 6.92 Å². The van der Waals surface area contributed by atoms with Crippen LogP contribution in [-0.2, 0) is 6.42 Å². The molecule has 0 spiro atoms. The van der Waals surface area contributed by atoms with Crippen molar-refractivity contribution in [2.45, 2.75) is 32.2 Å². The molecule has 0 aliphatic rings. The summed E-state index contributed by atoms with van der Waals surface area (Å²) in [6.45, 7) is 2.67. The molecule has 1 atom stereocenters. The molecule has 0 saturated heterocycles. The van der Waals surface area contributed by atoms with Crippen LogP contribution in [-0.4, -0.2) is 12.0 Å². The third-order valence-electron chi connectivity index (χ3n) is 2.33. The van der Waals surface area contributed by atoms with Crippen LogP contribution < -0.4 is 5.73 Å². The second-order valence-corrected chi connectivity index (χ2v) is 4.26. The van der Waals surface area contributed by atoms with Crippen LogP contribution in [0.1, 0.15) is 18.1 Å². The van der Waals surface area contributed by atoms with Crippen molar-refractivity contribution in [2.75, 3.05) is 0 Å². The minimum absolute atomic E-state index is 0.154. The first kappa shape index (κ1) is 12.4. The van der Waals surface area contributed by atoms with Gasteiger partial charge in [-0.3, -0.25) is 0 Å². The van der Waals surface area contributed by atoms with E-state index in [4.69, 9.17) is 17.3 Å². The summed E-state index contributed by atoms with van der Waals surface area (Å²) in [4.78, 5) is 0. The van der Waals surface area contributed by atoms with Gasteiger partial charge in [0.2, 0.25) is 0 Å². The molecule has 0 aliphatic heterocycles. The van der Waals surface area contributed by atoms with Crippen molar-refractivity contribution in [3.8, 4) is 0 Å². The molecule has 1 rings (SSSR count). The lowest BCUT2D eigenvalue weighted by molar-refractivity contribution is -0.00514. The maximum absolute atomic E-state index is 12.8. The summed E-state index contributed by atoms with van der Waals surface area (Å²) in [5.41, 5.74) is 7.05. The van der Waals surface area contributed by atoms with Gasteiger partial charge in [0.1, 0.15) is 0 Å². The van der Waals surface area contributed by atoms with Crippen molar-refractivity contribution in [1.82, 2.24) is 0 Å². The monoisotopic (exact) mass is 233 g/mol. The standard InChI is InChI=1S/C11H14ClF2N/c1-7-5-8(3-4-9(7)12)6-10(15)11(2,13)14/h3-5,10H,6,15H2,1-2H3. The van der Waals surface area contributed by atoms with Gasteiger partial charge in [0.25, 0.3) is 5.92 Å². The number of halogens is 3. The Kier molecular flexibility index (Phi) is 3.68. The van der Waals surface area contributed by atoms with Gasteiger partial charge in [-0.1, -0.05) is 23.7 Å². The number of benzene rings is 1. The van der Waals surface area contributed by atoms with E-state index in [-0.39, 0.29) is 6.42 Å². The zero-order chi connectivity index (χ0) is 11.6. The largest absolute Gasteiger partial charge is 0.322 e. The summed E-state index contributed by atoms with van der Waals surface area (Å²) >= 11 is 5.83. The van der Waals surface area contributed by atoms with E-state index in [1.807, 2.05) is 6.92 Å². The van der Waals surface area contributed by atoms with Gasteiger partial charge in [-0.15, -0.1) is 0 Å². The molecule has 1 aromatic rings. The van der Waals surface area contributed by atoms with Crippen LogP contribution in [0.25, 0.3) is 0 Å². The second kappa shape index (κ2) is 4.45. The number of hydrogen-bond donors (Lipinski definition) is 1. The van der Waals surface area contributed by atoms with Crippen LogP contribution in [0.3, 0.4) is 0 Å². The first-order chi connectivity index (χ1) is 6.80. The Hall–Kier alpha value is -0.670. The van der Waals surface area contributed by atoms with Crippen molar-refractivity contribution in [3.63, 3.8) is 0 Å². The molecule has 0 radical (unpaired) electrons. The predicted molar refractivity (Wildman–Crippen MR) is 58.5 cm³/mol. The Morgan fingerprint density at radius 3 is 2.53 bits per heavy atom. The molecular weight excluding hydrogens is 220 g/mol. The number of rotatable bonds is 3. The lowest BCUT2D eigenvalue weighted by Crippen LogP contribution is -2.40. The van der Waals surface area contributed by atoms with E-state index in [0.717, 1.165) is 18.1 Å². The van der Waals surface area contributed by atoms with E-state index in [1.54, 1.807) is 18.2 Å². The molecule has 84 valence electrons. The summed E-state index contributed by atoms with van der Waals surface area (Å²) in [6, 6.07) is 4.06. The Bertz CT molecular complexity index is 347. The van der Waals surface area contributed by atoms with Gasteiger partial charge in [-0.05, 0) is 30.5 Å². The van der Waals surface area contributed by atoms with Crippen molar-refractivity contribution in [2.24, 2.45) is 5.73 Å². The first-order valence-corrected chi connectivity index (χ1v) is 5.07. The summed E-state index contributed by atoms with van der Waals surface area (Å²) < 4.78 is 25.7. The number of hydrogen-bond acceptors (Lipinski definition) is 1. The van der Waals surface area contributed by atoms with Gasteiger partial charge in [0.05, 0.1) is 6.04 Å². The Morgan fingerprint density at radius 2 is 2.07 bits per heavy atom. The highest BCUT2D eigenvalue weighted by molar-refractivity contribution is 6.31. The summed E-state index contributed by atoms with van der Waals surface area (Å²) in [5, 5.41) is 0.635. The maximum atomic E-state index is 12.8. The molecule has 0 aromatic heterocycles. The van der Waals surface area contributed by atoms with Crippen molar-refractivity contribution in [3.05, 3.63) is 34.3 Å². The van der Waals surface area contributed by atoms with Gasteiger partial charge >= 0.3 is 0 Å². The number of alkyl halides is 2. The lowest BCUT2D eigenvalue weighted by atomic mass is 10.0. The van der Waals surface area contributed by atoms with Crippen LogP contribution in [0.15, 0.2) is 18.2 Å². The van der Waals surface area contributed by atoms with Crippen molar-refractivity contribution < 1.29 is 8.78 Å². The summed E-state index contributed by atoms with van der Waals surface area (Å²) in [5.74, 6) is -2.85. The summed E-state index contributed by atoms with van der Waals surface area (Å²) in [7, 11) is 0. The molecule has 2 N–H and O–H groups in total. The SMILES string of the molecule is Cc1cc(CC(N)C(C)(F)F)ccc1Cl. The third kappa shape index (κ3) is 3.43. The van der Waals surface area contributed by atoms with Crippen molar-refractivity contribution >= 4 is 11.6 Å². The Balaban J connectivity index is 2.78. The molecule has 1 aromatic carbocycles. The Labute approximate surface area is 93.2 Å². The average Bonchev–Trinajstić information content (AvgIpc) is 2.10. The molecule has 1 nitrogen and oxygen atoms in total. The fourth-order valence-corrected chi connectivity index (χ4v) is 1.38. The minimum Gasteiger partial charge on any atom is -0.322 e. The quantitative estimate of drug-likeness (QED) is 0.853. The fraction of sp³-hybridized carbons (Fsp3) is 0.455. The number of nitrogens with two attached hydrogens (primary N) is 1. The zero-order valence-electron chi connectivity index (χ0n) is 8.73. The highest BCUT2D eigenvalue weighted by atomic mass is 35.5. The lowest BCUT2D eigenvalue weighted by Gasteiger charge is -2.19. The van der Waals surface area contributed by atoms with Gasteiger partial charge in [0.15, 0.2) is 0 Å². The van der Waals surface area contributed by atoms with E-state index in [1.165, 1.54) is 0 Å². The molecule has 15 heavy (non-hydrogen) atoms. The van der Waals surface area contributed by atoms with Gasteiger partial charge in [-0.25, -0.2) is 8.78 Å². The number of aryl methyl sites for hydroxylation is 1. The van der Waals surface area contributed by atoms with Gasteiger partial charge in [-0.2, -0.15) is 0 Å². The summed E-state index contributed by atoms with van der Waals surface area (Å²) in [6.07, 6.45) is 0.154. The van der Waals surface area contributed by atoms with Crippen LogP contribution in [0.2, 0.25) is 5.02 Å². The van der Waals surface area contributed by atoms with Crippen LogP contribution >= 0.6 is 11.6 Å². The highest BCUT2D eigenvalue weighted by Crippen LogP contribution is 2.21. The van der Waals surface area contributed by atoms with E-state index >= 15 is 0 Å². The minimum atomic E-state index is -2.85. The normalized spacial score (nSPS) is 14.0. The van der Waals surface area contributed by atoms with E-state index in [9.17, 15) is 8.78 Å². The molecule has 0 bridgehead atoms. The molecular formula is C11H14ClF2N. The van der Waals surface area contributed by atoms with Crippen molar-refractivity contribution in [1.29, 1.82) is 0 Å². The van der Waals surface area contributed by atoms with Crippen LogP contribution in [0.5, 0.6) is 0 Å². The average molecular weight is 234 g/mol. The smallest absolute Gasteiger partial charge is 0.260 e. The molecule has 0 aliphatic carbocycles. The molecule has 0 amide bonds. The van der Waals surface area contributed by atoms with E-state index in [0.29, 0.717) is 5.02 Å². The first-order valence-electron chi connectivity index (χ1n) is 4.69. The molecule has 0 saturated carbocycles. The highest BCUT2D eigenvalue weighted by Gasteiger charge is 2.30. The van der Waals surface area contributed by atoms with Gasteiger partial charge in [0, 0.05) is 11.9 Å². The van der Waals surface area contributed by atoms with Crippen LogP contribution in [0.4, 0.5) is 8.78 Å². The molecule has 0 fully saturated rings. The zero-order valence-corrected chi connectivity index (χ0v) is 9.48. The predicted octanol–water partition coefficient (Wildman–Crippen LogP) is 3.17. The molecule has 1 unspecified atom stereocenters.